The Hall–Kier alpha value is -0.140. The van der Waals surface area contributed by atoms with Crippen molar-refractivity contribution in [2.24, 2.45) is 0 Å². The lowest BCUT2D eigenvalue weighted by Crippen LogP contribution is -2.37. The van der Waals surface area contributed by atoms with Crippen molar-refractivity contribution in [3.8, 4) is 0 Å². The minimum Gasteiger partial charge on any atom is -0.469 e. The van der Waals surface area contributed by atoms with Crippen LogP contribution in [0.15, 0.2) is 0 Å². The smallest absolute Gasteiger partial charge is 0.323 e. The van der Waals surface area contributed by atoms with Crippen LogP contribution in [0.2, 0.25) is 0 Å². The predicted octanol–water partition coefficient (Wildman–Crippen LogP) is 0.669. The molecule has 0 amide bonds. The molecule has 9 heteroatoms. The summed E-state index contributed by atoms with van der Waals surface area (Å²) in [6.07, 6.45) is -0.120. The van der Waals surface area contributed by atoms with E-state index in [4.69, 9.17) is 16.3 Å². The first-order valence-corrected chi connectivity index (χ1v) is 9.13. The lowest BCUT2D eigenvalue weighted by molar-refractivity contribution is -0.149. The van der Waals surface area contributed by atoms with E-state index in [0.29, 0.717) is 6.61 Å². The fraction of sp³-hybridized carbons (Fsp3) is 0.750. The van der Waals surface area contributed by atoms with E-state index in [2.05, 4.69) is 14.6 Å². The van der Waals surface area contributed by atoms with Crippen LogP contribution in [0.25, 0.3) is 0 Å². The summed E-state index contributed by atoms with van der Waals surface area (Å²) in [5.41, 5.74) is -2.27. The SMILES string of the molecule is COC(=O)C[C@H](NP1(=S)OCCS1)C(=O)OC. The van der Waals surface area contributed by atoms with Crippen LogP contribution in [0.3, 0.4) is 0 Å². The first-order chi connectivity index (χ1) is 8.00. The third kappa shape index (κ3) is 4.56. The first-order valence-electron chi connectivity index (χ1n) is 4.82. The van der Waals surface area contributed by atoms with Gasteiger partial charge in [0.05, 0.1) is 27.2 Å². The van der Waals surface area contributed by atoms with Gasteiger partial charge in [-0.2, -0.15) is 0 Å². The van der Waals surface area contributed by atoms with Gasteiger partial charge in [-0.3, -0.25) is 9.59 Å². The van der Waals surface area contributed by atoms with Crippen LogP contribution in [0.1, 0.15) is 6.42 Å². The Morgan fingerprint density at radius 2 is 2.24 bits per heavy atom. The molecular formula is C8H14NO5PS2. The van der Waals surface area contributed by atoms with Gasteiger partial charge in [0, 0.05) is 5.75 Å². The molecule has 17 heavy (non-hydrogen) atoms. The van der Waals surface area contributed by atoms with E-state index < -0.39 is 23.6 Å². The second-order valence-electron chi connectivity index (χ2n) is 3.15. The van der Waals surface area contributed by atoms with Gasteiger partial charge in [-0.1, -0.05) is 11.4 Å². The maximum absolute atomic E-state index is 11.5. The van der Waals surface area contributed by atoms with Gasteiger partial charge in [-0.25, -0.2) is 5.09 Å². The fourth-order valence-corrected chi connectivity index (χ4v) is 6.12. The highest BCUT2D eigenvalue weighted by Gasteiger charge is 2.32. The number of hydrogen-bond acceptors (Lipinski definition) is 7. The molecule has 1 fully saturated rings. The number of esters is 2. The molecule has 1 aliphatic rings. The van der Waals surface area contributed by atoms with Crippen molar-refractivity contribution in [3.63, 3.8) is 0 Å². The molecule has 0 bridgehead atoms. The summed E-state index contributed by atoms with van der Waals surface area (Å²) in [4.78, 5) is 22.7. The number of carbonyl (C=O) groups excluding carboxylic acids is 2. The number of methoxy groups -OCH3 is 2. The van der Waals surface area contributed by atoms with Crippen molar-refractivity contribution in [2.45, 2.75) is 12.5 Å². The van der Waals surface area contributed by atoms with Gasteiger partial charge in [0.2, 0.25) is 0 Å². The summed E-state index contributed by atoms with van der Waals surface area (Å²) in [5, 5.41) is 2.90. The Morgan fingerprint density at radius 3 is 2.71 bits per heavy atom. The Labute approximate surface area is 109 Å². The average Bonchev–Trinajstić information content (AvgIpc) is 2.73. The van der Waals surface area contributed by atoms with E-state index in [9.17, 15) is 9.59 Å². The van der Waals surface area contributed by atoms with Crippen LogP contribution in [0, 0.1) is 0 Å². The second kappa shape index (κ2) is 6.70. The molecule has 0 aromatic heterocycles. The van der Waals surface area contributed by atoms with Crippen LogP contribution < -0.4 is 5.09 Å². The van der Waals surface area contributed by atoms with E-state index in [1.54, 1.807) is 0 Å². The van der Waals surface area contributed by atoms with Crippen LogP contribution >= 0.6 is 17.0 Å². The van der Waals surface area contributed by atoms with Gasteiger partial charge in [-0.05, 0) is 11.8 Å². The maximum atomic E-state index is 11.5. The molecule has 0 saturated carbocycles. The molecule has 0 spiro atoms. The fourth-order valence-electron chi connectivity index (χ4n) is 1.19. The quantitative estimate of drug-likeness (QED) is 0.586. The molecular weight excluding hydrogens is 285 g/mol. The Bertz CT molecular complexity index is 341. The minimum absolute atomic E-state index is 0.120. The molecule has 98 valence electrons. The molecule has 1 rings (SSSR count). The molecule has 0 aromatic carbocycles. The number of rotatable bonds is 5. The number of ether oxygens (including phenoxy) is 2. The summed E-state index contributed by atoms with van der Waals surface area (Å²) >= 11 is 6.75. The van der Waals surface area contributed by atoms with Crippen molar-refractivity contribution < 1.29 is 23.6 Å². The summed E-state index contributed by atoms with van der Waals surface area (Å²) in [5.74, 6) is -0.259. The highest BCUT2D eigenvalue weighted by atomic mass is 32.9. The average molecular weight is 299 g/mol. The third-order valence-electron chi connectivity index (χ3n) is 2.00. The number of hydrogen-bond donors (Lipinski definition) is 1. The molecule has 1 heterocycles. The normalized spacial score (nSPS) is 25.3. The summed E-state index contributed by atoms with van der Waals surface area (Å²) in [7, 11) is 2.52. The van der Waals surface area contributed by atoms with Crippen molar-refractivity contribution in [1.29, 1.82) is 0 Å². The lowest BCUT2D eigenvalue weighted by Gasteiger charge is -2.21. The highest BCUT2D eigenvalue weighted by molar-refractivity contribution is 8.69. The molecule has 1 unspecified atom stereocenters. The Balaban J connectivity index is 2.66. The topological polar surface area (TPSA) is 73.9 Å². The minimum atomic E-state index is -2.27. The maximum Gasteiger partial charge on any atom is 0.323 e. The standard InChI is InChI=1S/C8H14NO5PS2/c1-12-7(10)5-6(8(11)13-2)9-15(16)14-3-4-17-15/h6H,3-5H2,1-2H3,(H,9,16)/t6-,15?/m0/s1. The van der Waals surface area contributed by atoms with E-state index in [1.165, 1.54) is 25.6 Å². The Kier molecular flexibility index (Phi) is 5.88. The van der Waals surface area contributed by atoms with Gasteiger partial charge in [-0.15, -0.1) is 0 Å². The number of nitrogens with one attached hydrogen (secondary N) is 1. The largest absolute Gasteiger partial charge is 0.469 e. The summed E-state index contributed by atoms with van der Waals surface area (Å²) in [6.45, 7) is 0.557. The lowest BCUT2D eigenvalue weighted by atomic mass is 10.2. The van der Waals surface area contributed by atoms with Crippen LogP contribution in [0.4, 0.5) is 0 Å². The van der Waals surface area contributed by atoms with Gasteiger partial charge < -0.3 is 14.0 Å². The summed E-state index contributed by atoms with van der Waals surface area (Å²) < 4.78 is 14.5. The Morgan fingerprint density at radius 1 is 1.53 bits per heavy atom. The molecule has 2 atom stereocenters. The zero-order valence-electron chi connectivity index (χ0n) is 9.50. The van der Waals surface area contributed by atoms with Gasteiger partial charge in [0.15, 0.2) is 5.62 Å². The molecule has 1 aliphatic heterocycles. The molecule has 0 aromatic rings. The third-order valence-corrected chi connectivity index (χ3v) is 7.62. The van der Waals surface area contributed by atoms with Crippen molar-refractivity contribution >= 4 is 40.7 Å². The monoisotopic (exact) mass is 299 g/mol. The molecule has 6 nitrogen and oxygen atoms in total. The molecule has 1 saturated heterocycles. The van der Waals surface area contributed by atoms with Crippen molar-refractivity contribution in [3.05, 3.63) is 0 Å². The van der Waals surface area contributed by atoms with Crippen molar-refractivity contribution in [1.82, 2.24) is 5.09 Å². The van der Waals surface area contributed by atoms with Crippen molar-refractivity contribution in [2.75, 3.05) is 26.6 Å². The first kappa shape index (κ1) is 14.9. The summed E-state index contributed by atoms with van der Waals surface area (Å²) in [6, 6.07) is -0.816. The molecule has 1 N–H and O–H groups in total. The van der Waals surface area contributed by atoms with Gasteiger partial charge in [0.25, 0.3) is 0 Å². The van der Waals surface area contributed by atoms with E-state index in [0.717, 1.165) is 5.75 Å². The second-order valence-corrected chi connectivity index (χ2v) is 9.88. The zero-order chi connectivity index (χ0) is 12.9. The van der Waals surface area contributed by atoms with Crippen LogP contribution in [-0.2, 0) is 35.4 Å². The number of carbonyl (C=O) groups is 2. The van der Waals surface area contributed by atoms with Crippen LogP contribution in [0.5, 0.6) is 0 Å². The van der Waals surface area contributed by atoms with Gasteiger partial charge in [0.1, 0.15) is 6.04 Å². The van der Waals surface area contributed by atoms with E-state index in [1.807, 2.05) is 0 Å². The zero-order valence-corrected chi connectivity index (χ0v) is 12.0. The molecule has 0 radical (unpaired) electrons. The van der Waals surface area contributed by atoms with E-state index >= 15 is 0 Å². The van der Waals surface area contributed by atoms with Gasteiger partial charge >= 0.3 is 11.9 Å². The highest BCUT2D eigenvalue weighted by Crippen LogP contribution is 2.60. The van der Waals surface area contributed by atoms with E-state index in [-0.39, 0.29) is 6.42 Å². The predicted molar refractivity (Wildman–Crippen MR) is 68.3 cm³/mol. The molecule has 0 aliphatic carbocycles. The van der Waals surface area contributed by atoms with Crippen LogP contribution in [-0.4, -0.2) is 44.6 Å².